The van der Waals surface area contributed by atoms with Gasteiger partial charge in [0, 0.05) is 0 Å². The molecule has 0 atom stereocenters. The van der Waals surface area contributed by atoms with Crippen molar-refractivity contribution in [1.82, 2.24) is 0 Å². The van der Waals surface area contributed by atoms with E-state index in [4.69, 9.17) is 0 Å². The van der Waals surface area contributed by atoms with E-state index in [1.807, 2.05) is 0 Å². The van der Waals surface area contributed by atoms with Crippen LogP contribution in [0.15, 0.2) is 53.6 Å². The van der Waals surface area contributed by atoms with Crippen LogP contribution < -0.4 is 0 Å². The lowest BCUT2D eigenvalue weighted by molar-refractivity contribution is 0.455. The van der Waals surface area contributed by atoms with Gasteiger partial charge in [0.15, 0.2) is 0 Å². The molecule has 0 aromatic heterocycles. The predicted molar refractivity (Wildman–Crippen MR) is 121 cm³/mol. The van der Waals surface area contributed by atoms with Crippen LogP contribution in [0.1, 0.15) is 11.1 Å². The molecule has 2 rings (SSSR count). The molecule has 0 heterocycles. The minimum atomic E-state index is -5.87. The van der Waals surface area contributed by atoms with Gasteiger partial charge >= 0.3 is 0 Å². The molecule has 38 heavy (non-hydrogen) atoms. The quantitative estimate of drug-likeness (QED) is 0.151. The Bertz CT molecular complexity index is 1880. The van der Waals surface area contributed by atoms with Gasteiger partial charge in [-0.05, 0) is 23.3 Å². The van der Waals surface area contributed by atoms with Gasteiger partial charge in [0.1, 0.15) is 29.4 Å². The minimum absolute atomic E-state index is 0.224. The standard InChI is InChI=1S/C14H12O18S6/c15-33(16,17)9-5-3-7(11(35(21,22)23)13(9)37(27,28)29)1-2-8-4-6-10(34(18,19)20)14(38(30,31)32)12(8)36(24,25)26/h1-6H,(H,15,16,17)(H,18,19,20)(H,21,22,23)(H,24,25,26)(H,27,28,29)(H,30,31,32)/b2-1+. The Morgan fingerprint density at radius 2 is 0.605 bits per heavy atom. The zero-order valence-corrected chi connectivity index (χ0v) is 22.4. The molecule has 0 aliphatic heterocycles. The van der Waals surface area contributed by atoms with Crippen LogP contribution in [0.2, 0.25) is 0 Å². The second kappa shape index (κ2) is 9.68. The summed E-state index contributed by atoms with van der Waals surface area (Å²) in [6.07, 6.45) is 0.687. The first-order valence-corrected chi connectivity index (χ1v) is 17.2. The molecule has 0 radical (unpaired) electrons. The molecule has 0 saturated carbocycles. The van der Waals surface area contributed by atoms with Crippen molar-refractivity contribution in [2.45, 2.75) is 29.4 Å². The van der Waals surface area contributed by atoms with E-state index in [-0.39, 0.29) is 12.1 Å². The molecule has 18 nitrogen and oxygen atoms in total. The average molecular weight is 661 g/mol. The van der Waals surface area contributed by atoms with Crippen molar-refractivity contribution in [3.8, 4) is 0 Å². The summed E-state index contributed by atoms with van der Waals surface area (Å²) in [5, 5.41) is 0. The van der Waals surface area contributed by atoms with Crippen molar-refractivity contribution in [1.29, 1.82) is 0 Å². The summed E-state index contributed by atoms with van der Waals surface area (Å²) < 4.78 is 197. The third kappa shape index (κ3) is 6.79. The molecule has 0 spiro atoms. The molecule has 0 bridgehead atoms. The lowest BCUT2D eigenvalue weighted by Gasteiger charge is -2.13. The molecule has 2 aromatic carbocycles. The zero-order chi connectivity index (χ0) is 29.9. The van der Waals surface area contributed by atoms with Crippen molar-refractivity contribution in [2.75, 3.05) is 0 Å². The zero-order valence-electron chi connectivity index (χ0n) is 17.5. The SMILES string of the molecule is O=S(=O)(O)c1ccc(/C=C/c2ccc(S(=O)(=O)O)c(S(=O)(=O)O)c2S(=O)(=O)O)c(S(=O)(=O)O)c1S(=O)(=O)O. The summed E-state index contributed by atoms with van der Waals surface area (Å²) in [7, 11) is -34.5. The minimum Gasteiger partial charge on any atom is -0.282 e. The monoisotopic (exact) mass is 660 g/mol. The van der Waals surface area contributed by atoms with Crippen LogP contribution in [-0.4, -0.2) is 77.8 Å². The van der Waals surface area contributed by atoms with Gasteiger partial charge in [-0.1, -0.05) is 24.3 Å². The molecule has 0 aliphatic rings. The van der Waals surface area contributed by atoms with Crippen molar-refractivity contribution in [2.24, 2.45) is 0 Å². The number of benzene rings is 2. The summed E-state index contributed by atoms with van der Waals surface area (Å²) in [5.74, 6) is 0. The largest absolute Gasteiger partial charge is 0.297 e. The Morgan fingerprint density at radius 3 is 0.789 bits per heavy atom. The highest BCUT2D eigenvalue weighted by Gasteiger charge is 2.36. The van der Waals surface area contributed by atoms with Crippen molar-refractivity contribution >= 4 is 72.9 Å². The average Bonchev–Trinajstić information content (AvgIpc) is 2.66. The van der Waals surface area contributed by atoms with Crippen molar-refractivity contribution in [3.63, 3.8) is 0 Å². The Kier molecular flexibility index (Phi) is 8.11. The first kappa shape index (κ1) is 31.9. The normalized spacial score (nSPS) is 14.2. The highest BCUT2D eigenvalue weighted by Crippen LogP contribution is 2.35. The maximum absolute atomic E-state index is 11.9. The fourth-order valence-corrected chi connectivity index (χ4v) is 9.70. The first-order valence-electron chi connectivity index (χ1n) is 8.55. The topological polar surface area (TPSA) is 326 Å². The van der Waals surface area contributed by atoms with Crippen LogP contribution in [-0.2, 0) is 60.7 Å². The van der Waals surface area contributed by atoms with E-state index in [1.54, 1.807) is 0 Å². The molecular formula is C14H12O18S6. The lowest BCUT2D eigenvalue weighted by Crippen LogP contribution is -2.16. The van der Waals surface area contributed by atoms with Crippen LogP contribution in [0.4, 0.5) is 0 Å². The fourth-order valence-electron chi connectivity index (χ4n) is 2.99. The van der Waals surface area contributed by atoms with Gasteiger partial charge in [-0.15, -0.1) is 0 Å². The molecule has 0 amide bonds. The van der Waals surface area contributed by atoms with Crippen LogP contribution >= 0.6 is 0 Å². The van der Waals surface area contributed by atoms with E-state index >= 15 is 0 Å². The van der Waals surface area contributed by atoms with Crippen LogP contribution in [0.25, 0.3) is 12.2 Å². The fraction of sp³-hybridized carbons (Fsp3) is 0. The molecule has 0 fully saturated rings. The summed E-state index contributed by atoms with van der Waals surface area (Å²) in [6.45, 7) is 0. The highest BCUT2D eigenvalue weighted by atomic mass is 32.2. The van der Waals surface area contributed by atoms with E-state index in [9.17, 15) is 77.8 Å². The van der Waals surface area contributed by atoms with Gasteiger partial charge in [-0.3, -0.25) is 27.3 Å². The highest BCUT2D eigenvalue weighted by molar-refractivity contribution is 7.91. The molecule has 2 aromatic rings. The first-order chi connectivity index (χ1) is 16.7. The summed E-state index contributed by atoms with van der Waals surface area (Å²) in [6, 6.07) is 1.25. The van der Waals surface area contributed by atoms with Crippen LogP contribution in [0, 0.1) is 0 Å². The maximum atomic E-state index is 11.9. The van der Waals surface area contributed by atoms with E-state index in [1.165, 1.54) is 0 Å². The van der Waals surface area contributed by atoms with Gasteiger partial charge in [0.05, 0.1) is 0 Å². The van der Waals surface area contributed by atoms with Gasteiger partial charge in [0.2, 0.25) is 0 Å². The van der Waals surface area contributed by atoms with Gasteiger partial charge in [-0.25, -0.2) is 0 Å². The van der Waals surface area contributed by atoms with Gasteiger partial charge in [-0.2, -0.15) is 50.5 Å². The smallest absolute Gasteiger partial charge is 0.282 e. The molecule has 0 aliphatic carbocycles. The van der Waals surface area contributed by atoms with Gasteiger partial charge in [0.25, 0.3) is 60.7 Å². The van der Waals surface area contributed by atoms with Crippen molar-refractivity contribution < 1.29 is 77.8 Å². The van der Waals surface area contributed by atoms with Crippen LogP contribution in [0.3, 0.4) is 0 Å². The second-order valence-electron chi connectivity index (χ2n) is 6.81. The summed E-state index contributed by atoms with van der Waals surface area (Å²) in [5.41, 5.74) is -2.14. The molecule has 212 valence electrons. The second-order valence-corrected chi connectivity index (χ2v) is 15.0. The maximum Gasteiger partial charge on any atom is 0.297 e. The molecule has 0 saturated heterocycles. The van der Waals surface area contributed by atoms with Gasteiger partial charge < -0.3 is 0 Å². The molecule has 0 unspecified atom stereocenters. The number of hydrogen-bond donors (Lipinski definition) is 6. The number of rotatable bonds is 8. The Labute approximate surface area is 214 Å². The van der Waals surface area contributed by atoms with E-state index < -0.39 is 101 Å². The summed E-state index contributed by atoms with van der Waals surface area (Å²) in [4.78, 5) is -11.3. The Balaban J connectivity index is 3.15. The van der Waals surface area contributed by atoms with Crippen molar-refractivity contribution in [3.05, 3.63) is 35.4 Å². The Morgan fingerprint density at radius 1 is 0.368 bits per heavy atom. The molecular weight excluding hydrogens is 649 g/mol. The van der Waals surface area contributed by atoms with Crippen LogP contribution in [0.5, 0.6) is 0 Å². The molecule has 24 heteroatoms. The van der Waals surface area contributed by atoms with E-state index in [0.717, 1.165) is 0 Å². The predicted octanol–water partition coefficient (Wildman–Crippen LogP) is -0.663. The lowest BCUT2D eigenvalue weighted by atomic mass is 10.1. The summed E-state index contributed by atoms with van der Waals surface area (Å²) >= 11 is 0. The third-order valence-corrected chi connectivity index (χ3v) is 10.3. The molecule has 6 N–H and O–H groups in total. The third-order valence-electron chi connectivity index (χ3n) is 4.24. The number of hydrogen-bond acceptors (Lipinski definition) is 12. The van der Waals surface area contributed by atoms with E-state index in [0.29, 0.717) is 24.3 Å². The van der Waals surface area contributed by atoms with E-state index in [2.05, 4.69) is 0 Å². The Hall–Kier alpha value is -2.36.